The monoisotopic (exact) mass is 442 g/mol. The van der Waals surface area contributed by atoms with Crippen molar-refractivity contribution in [3.8, 4) is 28.6 Å². The smallest absolute Gasteiger partial charge is 1.00 e. The first kappa shape index (κ1) is 25.2. The molecule has 0 unspecified atom stereocenters. The molecule has 4 rings (SSSR count). The van der Waals surface area contributed by atoms with Crippen LogP contribution in [-0.4, -0.2) is 29.5 Å². The van der Waals surface area contributed by atoms with Crippen molar-refractivity contribution in [1.29, 1.82) is 0 Å². The Kier molecular flexibility index (Phi) is 8.43. The fourth-order valence-corrected chi connectivity index (χ4v) is 3.92. The molecule has 0 radical (unpaired) electrons. The molecule has 9 heteroatoms. The minimum absolute atomic E-state index is 0. The number of nitrogens with one attached hydrogen (secondary N) is 1. The van der Waals surface area contributed by atoms with Gasteiger partial charge in [-0.25, -0.2) is 0 Å². The van der Waals surface area contributed by atoms with E-state index in [1.165, 1.54) is 17.0 Å². The maximum atomic E-state index is 10.4. The summed E-state index contributed by atoms with van der Waals surface area (Å²) in [5.41, 5.74) is 4.54. The van der Waals surface area contributed by atoms with Gasteiger partial charge in [-0.2, -0.15) is 5.10 Å². The minimum atomic E-state index is -0.0417. The van der Waals surface area contributed by atoms with Gasteiger partial charge < -0.3 is 17.6 Å². The van der Waals surface area contributed by atoms with Crippen molar-refractivity contribution in [1.82, 2.24) is 19.3 Å². The van der Waals surface area contributed by atoms with Gasteiger partial charge in [-0.05, 0) is 60.5 Å². The molecule has 0 saturated carbocycles. The molecule has 2 aromatic carbocycles. The van der Waals surface area contributed by atoms with Gasteiger partial charge >= 0.3 is 59.1 Å². The van der Waals surface area contributed by atoms with Crippen LogP contribution >= 0.6 is 12.2 Å². The second-order valence-corrected chi connectivity index (χ2v) is 7.25. The fraction of sp³-hybridized carbons (Fsp3) is 0.238. The second-order valence-electron chi connectivity index (χ2n) is 6.86. The number of hydrogen-bond acceptors (Lipinski definition) is 4. The molecule has 0 bridgehead atoms. The van der Waals surface area contributed by atoms with Crippen LogP contribution in [-0.2, 0) is 19.9 Å². The Labute approximate surface area is 227 Å². The van der Waals surface area contributed by atoms with Gasteiger partial charge in [0, 0.05) is 30.2 Å². The number of aromatic hydroxyl groups is 2. The Bertz CT molecular complexity index is 1270. The normalized spacial score (nSPS) is 10.6. The quantitative estimate of drug-likeness (QED) is 0.276. The number of nitrogens with zero attached hydrogens (tertiary/aromatic N) is 3. The molecule has 0 amide bonds. The van der Waals surface area contributed by atoms with Crippen molar-refractivity contribution >= 4 is 23.1 Å². The number of aromatic nitrogens is 4. The maximum absolute atomic E-state index is 10.4. The summed E-state index contributed by atoms with van der Waals surface area (Å²) >= 11 is 5.48. The largest absolute Gasteiger partial charge is 1.00 e. The first-order valence-electron chi connectivity index (χ1n) is 9.25. The van der Waals surface area contributed by atoms with Crippen LogP contribution in [0.5, 0.6) is 11.5 Å². The third-order valence-electron chi connectivity index (χ3n) is 5.19. The molecular formula is C21H24N4Na2O2S. The minimum Gasteiger partial charge on any atom is -1.00 e. The van der Waals surface area contributed by atoms with Crippen LogP contribution in [0.1, 0.15) is 27.8 Å². The van der Waals surface area contributed by atoms with Crippen molar-refractivity contribution < 1.29 is 72.2 Å². The Balaban J connectivity index is 0.00000240. The van der Waals surface area contributed by atoms with Gasteiger partial charge in [-0.3, -0.25) is 9.67 Å². The number of fused-ring (bicyclic) bond motifs is 1. The molecule has 0 atom stereocenters. The number of benzene rings is 2. The molecule has 0 aliphatic heterocycles. The van der Waals surface area contributed by atoms with Gasteiger partial charge in [0.2, 0.25) is 0 Å². The SMILES string of the molecule is CCc1cc(-c2n[nH]c(=S)n2-c2ccc3c(c2)c(CC)cn3C)c(O)cc1O.[H-].[H-].[Na+].[Na+]. The predicted octanol–water partition coefficient (Wildman–Crippen LogP) is -1.14. The fourth-order valence-electron chi connectivity index (χ4n) is 3.68. The third-order valence-corrected chi connectivity index (χ3v) is 5.46. The first-order valence-corrected chi connectivity index (χ1v) is 9.66. The summed E-state index contributed by atoms with van der Waals surface area (Å²) in [6.45, 7) is 4.08. The molecule has 148 valence electrons. The van der Waals surface area contributed by atoms with E-state index >= 15 is 0 Å². The van der Waals surface area contributed by atoms with Crippen molar-refractivity contribution in [2.24, 2.45) is 7.05 Å². The van der Waals surface area contributed by atoms with Crippen LogP contribution in [0.4, 0.5) is 0 Å². The number of phenolic OH excluding ortho intramolecular Hbond substituents is 2. The molecule has 0 spiro atoms. The van der Waals surface area contributed by atoms with E-state index in [-0.39, 0.29) is 73.5 Å². The van der Waals surface area contributed by atoms with E-state index in [4.69, 9.17) is 12.2 Å². The van der Waals surface area contributed by atoms with Crippen molar-refractivity contribution in [2.75, 3.05) is 0 Å². The Hall–Kier alpha value is -1.06. The Morgan fingerprint density at radius 2 is 1.73 bits per heavy atom. The number of aryl methyl sites for hydroxylation is 3. The maximum Gasteiger partial charge on any atom is 1.00 e. The average molecular weight is 442 g/mol. The van der Waals surface area contributed by atoms with E-state index in [2.05, 4.69) is 40.0 Å². The zero-order valence-corrected chi connectivity index (χ0v) is 22.8. The van der Waals surface area contributed by atoms with Crippen LogP contribution < -0.4 is 59.1 Å². The number of rotatable bonds is 4. The van der Waals surface area contributed by atoms with E-state index < -0.39 is 0 Å². The first-order chi connectivity index (χ1) is 13.4. The standard InChI is InChI=1S/C21H22N4O2S.2Na.2H/c1-4-12-8-16(19(27)10-18(12)26)20-22-23-21(28)25(20)14-6-7-17-15(9-14)13(5-2)11-24(17)3;;;;/h6-11,26-27H,4-5H2,1-3H3,(H,23,28);;;;/q;2*+1;2*-1. The third kappa shape index (κ3) is 4.30. The summed E-state index contributed by atoms with van der Waals surface area (Å²) in [6, 6.07) is 9.27. The van der Waals surface area contributed by atoms with Gasteiger partial charge in [0.25, 0.3) is 0 Å². The molecule has 0 saturated heterocycles. The summed E-state index contributed by atoms with van der Waals surface area (Å²) < 4.78 is 4.37. The molecule has 0 aliphatic rings. The number of aromatic amines is 1. The summed E-state index contributed by atoms with van der Waals surface area (Å²) in [6.07, 6.45) is 3.71. The molecular weight excluding hydrogens is 418 g/mol. The Morgan fingerprint density at radius 1 is 1.03 bits per heavy atom. The molecule has 3 N–H and O–H groups in total. The van der Waals surface area contributed by atoms with Crippen LogP contribution in [0.25, 0.3) is 28.0 Å². The summed E-state index contributed by atoms with van der Waals surface area (Å²) in [5, 5.41) is 28.8. The number of phenols is 2. The molecule has 4 aromatic rings. The van der Waals surface area contributed by atoms with Gasteiger partial charge in [-0.1, -0.05) is 13.8 Å². The van der Waals surface area contributed by atoms with Gasteiger partial charge in [0.1, 0.15) is 11.5 Å². The van der Waals surface area contributed by atoms with Crippen molar-refractivity contribution in [3.63, 3.8) is 0 Å². The van der Waals surface area contributed by atoms with Crippen LogP contribution in [0.2, 0.25) is 0 Å². The molecule has 0 fully saturated rings. The van der Waals surface area contributed by atoms with E-state index in [1.54, 1.807) is 6.07 Å². The van der Waals surface area contributed by atoms with Crippen molar-refractivity contribution in [3.05, 3.63) is 52.4 Å². The van der Waals surface area contributed by atoms with E-state index in [0.717, 1.165) is 23.2 Å². The molecule has 2 aromatic heterocycles. The van der Waals surface area contributed by atoms with Gasteiger partial charge in [0.05, 0.1) is 11.3 Å². The van der Waals surface area contributed by atoms with Crippen LogP contribution in [0.3, 0.4) is 0 Å². The van der Waals surface area contributed by atoms with Crippen molar-refractivity contribution in [2.45, 2.75) is 26.7 Å². The van der Waals surface area contributed by atoms with E-state index in [0.29, 0.717) is 22.6 Å². The predicted molar refractivity (Wildman–Crippen MR) is 115 cm³/mol. The topological polar surface area (TPSA) is 79.0 Å². The van der Waals surface area contributed by atoms with Gasteiger partial charge in [0.15, 0.2) is 10.6 Å². The van der Waals surface area contributed by atoms with Crippen LogP contribution in [0.15, 0.2) is 36.5 Å². The summed E-state index contributed by atoms with van der Waals surface area (Å²) in [4.78, 5) is 0. The van der Waals surface area contributed by atoms with E-state index in [1.807, 2.05) is 24.6 Å². The number of hydrogen-bond donors (Lipinski definition) is 3. The van der Waals surface area contributed by atoms with E-state index in [9.17, 15) is 10.2 Å². The Morgan fingerprint density at radius 3 is 2.40 bits per heavy atom. The van der Waals surface area contributed by atoms with Crippen LogP contribution in [0, 0.1) is 4.77 Å². The zero-order chi connectivity index (χ0) is 20.0. The average Bonchev–Trinajstić information content (AvgIpc) is 3.21. The van der Waals surface area contributed by atoms with Gasteiger partial charge in [-0.15, -0.1) is 0 Å². The molecule has 2 heterocycles. The number of H-pyrrole nitrogens is 1. The zero-order valence-electron chi connectivity index (χ0n) is 20.0. The molecule has 30 heavy (non-hydrogen) atoms. The second kappa shape index (κ2) is 10.0. The molecule has 6 nitrogen and oxygen atoms in total. The summed E-state index contributed by atoms with van der Waals surface area (Å²) in [7, 11) is 2.04. The molecule has 0 aliphatic carbocycles. The summed E-state index contributed by atoms with van der Waals surface area (Å²) in [5.74, 6) is 0.535.